The predicted octanol–water partition coefficient (Wildman–Crippen LogP) is 0.418. The van der Waals surface area contributed by atoms with Crippen molar-refractivity contribution in [1.82, 2.24) is 10.2 Å². The van der Waals surface area contributed by atoms with Crippen molar-refractivity contribution in [3.8, 4) is 0 Å². The Bertz CT molecular complexity index is 680. The van der Waals surface area contributed by atoms with Crippen LogP contribution >= 0.6 is 0 Å². The number of carbonyl (C=O) groups is 3. The van der Waals surface area contributed by atoms with Crippen molar-refractivity contribution in [3.63, 3.8) is 0 Å². The number of amides is 3. The molecule has 2 unspecified atom stereocenters. The maximum atomic E-state index is 13.3. The highest BCUT2D eigenvalue weighted by Crippen LogP contribution is 2.20. The topological polar surface area (TPSA) is 98.7 Å². The number of likely N-dealkylation sites (tertiary alicyclic amines) is 1. The van der Waals surface area contributed by atoms with Crippen LogP contribution in [0, 0.1) is 18.7 Å². The van der Waals surface area contributed by atoms with Gasteiger partial charge in [-0.2, -0.15) is 0 Å². The number of carbonyl (C=O) groups excluding carboxylic acids is 3. The molecule has 0 aliphatic carbocycles. The maximum Gasteiger partial charge on any atom is 0.311 e. The normalized spacial score (nSPS) is 17.9. The number of rotatable bonds is 4. The van der Waals surface area contributed by atoms with Crippen molar-refractivity contribution in [2.24, 2.45) is 5.92 Å². The number of aliphatic hydroxyl groups is 1. The number of nitrogens with zero attached hydrogens (tertiary/aromatic N) is 1. The highest BCUT2D eigenvalue weighted by Gasteiger charge is 2.34. The number of benzene rings is 1. The second kappa shape index (κ2) is 8.06. The van der Waals surface area contributed by atoms with E-state index in [-0.39, 0.29) is 24.9 Å². The molecule has 7 nitrogen and oxygen atoms in total. The fourth-order valence-corrected chi connectivity index (χ4v) is 2.60. The Morgan fingerprint density at radius 1 is 1.40 bits per heavy atom. The van der Waals surface area contributed by atoms with Crippen LogP contribution in [-0.4, -0.2) is 53.5 Å². The maximum absolute atomic E-state index is 13.3. The van der Waals surface area contributed by atoms with E-state index in [1.54, 1.807) is 13.8 Å². The third-order valence-electron chi connectivity index (χ3n) is 4.12. The number of aliphatic hydroxyl groups excluding tert-OH is 1. The molecule has 0 aromatic heterocycles. The molecule has 0 saturated carbocycles. The summed E-state index contributed by atoms with van der Waals surface area (Å²) in [5.74, 6) is -2.56. The molecule has 1 aromatic carbocycles. The standard InChI is InChI=1S/C17H22FN3O4/c1-10-7-13(3-4-14(10)18)20-15(23)12-5-6-21(8-12)17(25)16(24)19-11(2)9-22/h3-4,7,11-12,22H,5-6,8-9H2,1-2H3,(H,19,24)(H,20,23). The molecule has 2 rings (SSSR count). The monoisotopic (exact) mass is 351 g/mol. The molecule has 25 heavy (non-hydrogen) atoms. The lowest BCUT2D eigenvalue weighted by Crippen LogP contribution is -2.46. The van der Waals surface area contributed by atoms with Gasteiger partial charge in [0.1, 0.15) is 5.82 Å². The number of halogens is 1. The van der Waals surface area contributed by atoms with E-state index in [0.717, 1.165) is 0 Å². The lowest BCUT2D eigenvalue weighted by molar-refractivity contribution is -0.145. The quantitative estimate of drug-likeness (QED) is 0.685. The molecule has 136 valence electrons. The Balaban J connectivity index is 1.90. The van der Waals surface area contributed by atoms with Gasteiger partial charge in [0.05, 0.1) is 12.5 Å². The van der Waals surface area contributed by atoms with Gasteiger partial charge >= 0.3 is 11.8 Å². The fourth-order valence-electron chi connectivity index (χ4n) is 2.60. The first-order chi connectivity index (χ1) is 11.8. The Kier molecular flexibility index (Phi) is 6.08. The summed E-state index contributed by atoms with van der Waals surface area (Å²) in [4.78, 5) is 37.5. The van der Waals surface area contributed by atoms with Gasteiger partial charge in [-0.25, -0.2) is 4.39 Å². The summed E-state index contributed by atoms with van der Waals surface area (Å²) in [6.45, 7) is 3.37. The van der Waals surface area contributed by atoms with E-state index in [2.05, 4.69) is 10.6 Å². The largest absolute Gasteiger partial charge is 0.394 e. The first-order valence-electron chi connectivity index (χ1n) is 8.09. The zero-order chi connectivity index (χ0) is 18.6. The molecule has 0 radical (unpaired) electrons. The third kappa shape index (κ3) is 4.76. The number of anilines is 1. The van der Waals surface area contributed by atoms with E-state index in [9.17, 15) is 18.8 Å². The fraction of sp³-hybridized carbons (Fsp3) is 0.471. The van der Waals surface area contributed by atoms with Crippen molar-refractivity contribution >= 4 is 23.4 Å². The minimum atomic E-state index is -0.795. The SMILES string of the molecule is Cc1cc(NC(=O)C2CCN(C(=O)C(=O)NC(C)CO)C2)ccc1F. The van der Waals surface area contributed by atoms with E-state index in [1.165, 1.54) is 23.1 Å². The van der Waals surface area contributed by atoms with Gasteiger partial charge in [-0.05, 0) is 44.0 Å². The van der Waals surface area contributed by atoms with Crippen molar-refractivity contribution in [1.29, 1.82) is 0 Å². The van der Waals surface area contributed by atoms with Crippen molar-refractivity contribution in [3.05, 3.63) is 29.6 Å². The van der Waals surface area contributed by atoms with E-state index in [4.69, 9.17) is 5.11 Å². The van der Waals surface area contributed by atoms with Gasteiger partial charge in [-0.3, -0.25) is 14.4 Å². The second-order valence-corrected chi connectivity index (χ2v) is 6.25. The van der Waals surface area contributed by atoms with Gasteiger partial charge in [0, 0.05) is 24.8 Å². The van der Waals surface area contributed by atoms with Crippen molar-refractivity contribution in [2.45, 2.75) is 26.3 Å². The average molecular weight is 351 g/mol. The molecular formula is C17H22FN3O4. The molecule has 1 fully saturated rings. The summed E-state index contributed by atoms with van der Waals surface area (Å²) in [5.41, 5.74) is 0.916. The number of aryl methyl sites for hydroxylation is 1. The lowest BCUT2D eigenvalue weighted by Gasteiger charge is -2.17. The first kappa shape index (κ1) is 18.9. The first-order valence-corrected chi connectivity index (χ1v) is 8.09. The van der Waals surface area contributed by atoms with Gasteiger partial charge in [-0.15, -0.1) is 0 Å². The minimum absolute atomic E-state index is 0.145. The summed E-state index contributed by atoms with van der Waals surface area (Å²) < 4.78 is 13.3. The second-order valence-electron chi connectivity index (χ2n) is 6.25. The van der Waals surface area contributed by atoms with Crippen LogP contribution in [-0.2, 0) is 14.4 Å². The van der Waals surface area contributed by atoms with Gasteiger partial charge in [0.2, 0.25) is 5.91 Å². The zero-order valence-electron chi connectivity index (χ0n) is 14.2. The summed E-state index contributed by atoms with van der Waals surface area (Å²) >= 11 is 0. The molecular weight excluding hydrogens is 329 g/mol. The molecule has 8 heteroatoms. The highest BCUT2D eigenvalue weighted by molar-refractivity contribution is 6.35. The van der Waals surface area contributed by atoms with Crippen LogP contribution in [0.2, 0.25) is 0 Å². The van der Waals surface area contributed by atoms with Crippen LogP contribution < -0.4 is 10.6 Å². The molecule has 1 aromatic rings. The zero-order valence-corrected chi connectivity index (χ0v) is 14.2. The molecule has 0 bridgehead atoms. The van der Waals surface area contributed by atoms with E-state index < -0.39 is 23.8 Å². The molecule has 0 spiro atoms. The molecule has 3 amide bonds. The molecule has 1 heterocycles. The van der Waals surface area contributed by atoms with Crippen molar-refractivity contribution < 1.29 is 23.9 Å². The lowest BCUT2D eigenvalue weighted by atomic mass is 10.1. The summed E-state index contributed by atoms with van der Waals surface area (Å²) in [7, 11) is 0. The summed E-state index contributed by atoms with van der Waals surface area (Å²) in [6.07, 6.45) is 0.445. The van der Waals surface area contributed by atoms with Gasteiger partial charge in [-0.1, -0.05) is 0 Å². The minimum Gasteiger partial charge on any atom is -0.394 e. The number of nitrogens with one attached hydrogen (secondary N) is 2. The van der Waals surface area contributed by atoms with Crippen LogP contribution in [0.25, 0.3) is 0 Å². The van der Waals surface area contributed by atoms with E-state index in [1.807, 2.05) is 0 Å². The molecule has 3 N–H and O–H groups in total. The third-order valence-corrected chi connectivity index (χ3v) is 4.12. The van der Waals surface area contributed by atoms with Crippen LogP contribution in [0.4, 0.5) is 10.1 Å². The Labute approximate surface area is 145 Å². The highest BCUT2D eigenvalue weighted by atomic mass is 19.1. The van der Waals surface area contributed by atoms with Gasteiger partial charge in [0.15, 0.2) is 0 Å². The summed E-state index contributed by atoms with van der Waals surface area (Å²) in [5, 5.41) is 14.0. The van der Waals surface area contributed by atoms with Crippen LogP contribution in [0.1, 0.15) is 18.9 Å². The average Bonchev–Trinajstić information content (AvgIpc) is 3.07. The Hall–Kier alpha value is -2.48. The molecule has 1 aliphatic rings. The Morgan fingerprint density at radius 3 is 2.76 bits per heavy atom. The van der Waals surface area contributed by atoms with E-state index >= 15 is 0 Å². The number of hydrogen-bond donors (Lipinski definition) is 3. The molecule has 1 saturated heterocycles. The van der Waals surface area contributed by atoms with Crippen LogP contribution in [0.15, 0.2) is 18.2 Å². The number of hydrogen-bond acceptors (Lipinski definition) is 4. The molecule has 2 atom stereocenters. The summed E-state index contributed by atoms with van der Waals surface area (Å²) in [6, 6.07) is 3.78. The Morgan fingerprint density at radius 2 is 2.12 bits per heavy atom. The van der Waals surface area contributed by atoms with Gasteiger partial charge < -0.3 is 20.6 Å². The van der Waals surface area contributed by atoms with Crippen LogP contribution in [0.3, 0.4) is 0 Å². The molecule has 1 aliphatic heterocycles. The smallest absolute Gasteiger partial charge is 0.311 e. The van der Waals surface area contributed by atoms with Gasteiger partial charge in [0.25, 0.3) is 0 Å². The van der Waals surface area contributed by atoms with E-state index in [0.29, 0.717) is 24.2 Å². The van der Waals surface area contributed by atoms with Crippen molar-refractivity contribution in [2.75, 3.05) is 25.0 Å². The van der Waals surface area contributed by atoms with Crippen LogP contribution in [0.5, 0.6) is 0 Å². The predicted molar refractivity (Wildman–Crippen MR) is 89.1 cm³/mol.